The monoisotopic (exact) mass is 320 g/mol. The number of carbonyl (C=O) groups is 1. The Morgan fingerprint density at radius 3 is 2.47 bits per heavy atom. The van der Waals surface area contributed by atoms with E-state index in [1.165, 1.54) is 17.0 Å². The smallest absolute Gasteiger partial charge is 0.253 e. The van der Waals surface area contributed by atoms with Gasteiger partial charge in [0.25, 0.3) is 5.91 Å². The fourth-order valence-corrected chi connectivity index (χ4v) is 2.44. The molecule has 2 N–H and O–H groups in total. The van der Waals surface area contributed by atoms with Crippen molar-refractivity contribution in [3.05, 3.63) is 28.2 Å². The first-order valence-corrected chi connectivity index (χ1v) is 7.18. The molecule has 0 saturated carbocycles. The van der Waals surface area contributed by atoms with Gasteiger partial charge in [0, 0.05) is 23.6 Å². The summed E-state index contributed by atoms with van der Waals surface area (Å²) in [6.45, 7) is 2.37. The molecule has 1 aromatic carbocycles. The maximum atomic E-state index is 11.9. The van der Waals surface area contributed by atoms with Crippen LogP contribution in [0.15, 0.2) is 27.6 Å². The van der Waals surface area contributed by atoms with Crippen LogP contribution < -0.4 is 5.14 Å². The lowest BCUT2D eigenvalue weighted by atomic mass is 10.2. The van der Waals surface area contributed by atoms with Gasteiger partial charge < -0.3 is 4.90 Å². The van der Waals surface area contributed by atoms with E-state index in [2.05, 4.69) is 15.9 Å². The molecule has 0 aliphatic heterocycles. The zero-order chi connectivity index (χ0) is 13.2. The van der Waals surface area contributed by atoms with Crippen LogP contribution in [-0.4, -0.2) is 32.8 Å². The van der Waals surface area contributed by atoms with Gasteiger partial charge in [0.1, 0.15) is 0 Å². The zero-order valence-electron chi connectivity index (χ0n) is 9.47. The molecule has 0 saturated heterocycles. The van der Waals surface area contributed by atoms with E-state index in [1.54, 1.807) is 13.1 Å². The molecular formula is C10H13BrN2O3S. The zero-order valence-corrected chi connectivity index (χ0v) is 11.9. The summed E-state index contributed by atoms with van der Waals surface area (Å²) in [4.78, 5) is 13.3. The average molecular weight is 321 g/mol. The minimum absolute atomic E-state index is 0.0836. The molecule has 0 atom stereocenters. The maximum absolute atomic E-state index is 11.9. The standard InChI is InChI=1S/C10H13BrN2O3S/c1-3-13(2)10(14)7-4-8(11)6-9(5-7)17(12,15)16/h4-6H,3H2,1-2H3,(H2,12,15,16). The van der Waals surface area contributed by atoms with Crippen molar-refractivity contribution in [2.24, 2.45) is 5.14 Å². The summed E-state index contributed by atoms with van der Waals surface area (Å²) in [5.74, 6) is -0.251. The summed E-state index contributed by atoms with van der Waals surface area (Å²) in [5.41, 5.74) is 0.285. The van der Waals surface area contributed by atoms with Gasteiger partial charge in [-0.2, -0.15) is 0 Å². The van der Waals surface area contributed by atoms with E-state index in [9.17, 15) is 13.2 Å². The fourth-order valence-electron chi connectivity index (χ4n) is 1.21. The van der Waals surface area contributed by atoms with Crippen LogP contribution in [-0.2, 0) is 10.0 Å². The van der Waals surface area contributed by atoms with Crippen LogP contribution in [0.1, 0.15) is 17.3 Å². The first kappa shape index (κ1) is 14.1. The van der Waals surface area contributed by atoms with Gasteiger partial charge in [-0.3, -0.25) is 4.79 Å². The number of benzene rings is 1. The van der Waals surface area contributed by atoms with E-state index in [0.29, 0.717) is 11.0 Å². The summed E-state index contributed by atoms with van der Waals surface area (Å²) >= 11 is 3.15. The van der Waals surface area contributed by atoms with Crippen LogP contribution in [0, 0.1) is 0 Å². The number of hydrogen-bond acceptors (Lipinski definition) is 3. The molecule has 0 heterocycles. The molecule has 7 heteroatoms. The highest BCUT2D eigenvalue weighted by Crippen LogP contribution is 2.19. The number of carbonyl (C=O) groups excluding carboxylic acids is 1. The minimum atomic E-state index is -3.81. The Bertz CT molecular complexity index is 542. The number of nitrogens with zero attached hydrogens (tertiary/aromatic N) is 1. The van der Waals surface area contributed by atoms with Crippen molar-refractivity contribution in [1.29, 1.82) is 0 Å². The molecule has 0 bridgehead atoms. The quantitative estimate of drug-likeness (QED) is 0.908. The highest BCUT2D eigenvalue weighted by molar-refractivity contribution is 9.10. The number of halogens is 1. The molecule has 0 aliphatic carbocycles. The second-order valence-electron chi connectivity index (χ2n) is 3.54. The van der Waals surface area contributed by atoms with Gasteiger partial charge in [0.2, 0.25) is 10.0 Å². The van der Waals surface area contributed by atoms with Gasteiger partial charge in [0.05, 0.1) is 4.90 Å². The van der Waals surface area contributed by atoms with Crippen molar-refractivity contribution < 1.29 is 13.2 Å². The molecule has 1 aromatic rings. The predicted molar refractivity (Wildman–Crippen MR) is 68.1 cm³/mol. The first-order valence-electron chi connectivity index (χ1n) is 4.84. The van der Waals surface area contributed by atoms with E-state index >= 15 is 0 Å². The van der Waals surface area contributed by atoms with E-state index in [1.807, 2.05) is 6.92 Å². The molecule has 0 aliphatic rings. The fraction of sp³-hybridized carbons (Fsp3) is 0.300. The molecule has 94 valence electrons. The number of hydrogen-bond donors (Lipinski definition) is 1. The Labute approximate surface area is 109 Å². The van der Waals surface area contributed by atoms with Crippen molar-refractivity contribution in [3.63, 3.8) is 0 Å². The lowest BCUT2D eigenvalue weighted by molar-refractivity contribution is 0.0802. The van der Waals surface area contributed by atoms with Crippen LogP contribution in [0.2, 0.25) is 0 Å². The Hall–Kier alpha value is -0.920. The number of amides is 1. The number of sulfonamides is 1. The molecule has 0 radical (unpaired) electrons. The molecule has 17 heavy (non-hydrogen) atoms. The highest BCUT2D eigenvalue weighted by atomic mass is 79.9. The van der Waals surface area contributed by atoms with Crippen LogP contribution >= 0.6 is 15.9 Å². The Balaban J connectivity index is 3.28. The summed E-state index contributed by atoms with van der Waals surface area (Å²) in [6.07, 6.45) is 0. The molecule has 0 fully saturated rings. The van der Waals surface area contributed by atoms with Gasteiger partial charge in [-0.25, -0.2) is 13.6 Å². The lowest BCUT2D eigenvalue weighted by Gasteiger charge is -2.15. The number of nitrogens with two attached hydrogens (primary N) is 1. The Morgan fingerprint density at radius 1 is 1.41 bits per heavy atom. The Kier molecular flexibility index (Phi) is 4.29. The molecule has 0 aromatic heterocycles. The largest absolute Gasteiger partial charge is 0.342 e. The number of primary sulfonamides is 1. The minimum Gasteiger partial charge on any atom is -0.342 e. The SMILES string of the molecule is CCN(C)C(=O)c1cc(Br)cc(S(N)(=O)=O)c1. The third kappa shape index (κ3) is 3.52. The second-order valence-corrected chi connectivity index (χ2v) is 6.02. The van der Waals surface area contributed by atoms with Gasteiger partial charge in [0.15, 0.2) is 0 Å². The summed E-state index contributed by atoms with van der Waals surface area (Å²) in [6, 6.07) is 4.19. The van der Waals surface area contributed by atoms with Crippen molar-refractivity contribution in [3.8, 4) is 0 Å². The average Bonchev–Trinajstić information content (AvgIpc) is 2.25. The van der Waals surface area contributed by atoms with Crippen molar-refractivity contribution in [1.82, 2.24) is 4.90 Å². The van der Waals surface area contributed by atoms with Gasteiger partial charge in [-0.1, -0.05) is 15.9 Å². The summed E-state index contributed by atoms with van der Waals surface area (Å²) < 4.78 is 23.0. The van der Waals surface area contributed by atoms with Gasteiger partial charge >= 0.3 is 0 Å². The summed E-state index contributed by atoms with van der Waals surface area (Å²) in [5, 5.41) is 5.03. The van der Waals surface area contributed by atoms with E-state index in [4.69, 9.17) is 5.14 Å². The van der Waals surface area contributed by atoms with Gasteiger partial charge in [-0.15, -0.1) is 0 Å². The van der Waals surface area contributed by atoms with Crippen LogP contribution in [0.4, 0.5) is 0 Å². The predicted octanol–water partition coefficient (Wildman–Crippen LogP) is 1.19. The topological polar surface area (TPSA) is 80.5 Å². The van der Waals surface area contributed by atoms with E-state index in [0.717, 1.165) is 0 Å². The molecule has 5 nitrogen and oxygen atoms in total. The molecule has 1 rings (SSSR count). The molecular weight excluding hydrogens is 308 g/mol. The first-order chi connectivity index (χ1) is 7.75. The highest BCUT2D eigenvalue weighted by Gasteiger charge is 2.15. The summed E-state index contributed by atoms with van der Waals surface area (Å²) in [7, 11) is -2.18. The Morgan fingerprint density at radius 2 is 2.00 bits per heavy atom. The van der Waals surface area contributed by atoms with Crippen LogP contribution in [0.5, 0.6) is 0 Å². The lowest BCUT2D eigenvalue weighted by Crippen LogP contribution is -2.26. The normalized spacial score (nSPS) is 11.3. The molecule has 1 amide bonds. The molecule has 0 spiro atoms. The van der Waals surface area contributed by atoms with Crippen LogP contribution in [0.25, 0.3) is 0 Å². The maximum Gasteiger partial charge on any atom is 0.253 e. The third-order valence-corrected chi connectivity index (χ3v) is 3.62. The van der Waals surface area contributed by atoms with Crippen molar-refractivity contribution in [2.75, 3.05) is 13.6 Å². The van der Waals surface area contributed by atoms with Crippen molar-refractivity contribution >= 4 is 31.9 Å². The number of rotatable bonds is 3. The van der Waals surface area contributed by atoms with Crippen molar-refractivity contribution in [2.45, 2.75) is 11.8 Å². The van der Waals surface area contributed by atoms with Crippen LogP contribution in [0.3, 0.4) is 0 Å². The van der Waals surface area contributed by atoms with Gasteiger partial charge in [-0.05, 0) is 25.1 Å². The second kappa shape index (κ2) is 5.16. The third-order valence-electron chi connectivity index (χ3n) is 2.27. The van der Waals surface area contributed by atoms with E-state index < -0.39 is 10.0 Å². The molecule has 0 unspecified atom stereocenters. The van der Waals surface area contributed by atoms with E-state index in [-0.39, 0.29) is 16.4 Å².